The molecule has 0 radical (unpaired) electrons. The number of carbonyl (C=O) groups is 1. The van der Waals surface area contributed by atoms with Crippen molar-refractivity contribution in [3.05, 3.63) is 76.8 Å². The Kier molecular flexibility index (Phi) is 6.87. The summed E-state index contributed by atoms with van der Waals surface area (Å²) in [4.78, 5) is 28.9. The summed E-state index contributed by atoms with van der Waals surface area (Å²) in [6.07, 6.45) is 0.758. The first-order valence-electron chi connectivity index (χ1n) is 10.9. The van der Waals surface area contributed by atoms with Crippen molar-refractivity contribution in [3.8, 4) is 11.4 Å². The second kappa shape index (κ2) is 10.2. The van der Waals surface area contributed by atoms with E-state index in [9.17, 15) is 14.0 Å². The quantitative estimate of drug-likeness (QED) is 0.642. The van der Waals surface area contributed by atoms with E-state index in [1.54, 1.807) is 11.0 Å². The van der Waals surface area contributed by atoms with Crippen molar-refractivity contribution in [2.24, 2.45) is 0 Å². The van der Waals surface area contributed by atoms with Gasteiger partial charge >= 0.3 is 6.03 Å². The smallest absolute Gasteiger partial charge is 0.321 e. The highest BCUT2D eigenvalue weighted by Crippen LogP contribution is 2.18. The Morgan fingerprint density at radius 3 is 2.48 bits per heavy atom. The van der Waals surface area contributed by atoms with Crippen LogP contribution in [0.1, 0.15) is 13.3 Å². The number of urea groups is 1. The highest BCUT2D eigenvalue weighted by atomic mass is 19.1. The van der Waals surface area contributed by atoms with Crippen LogP contribution in [0.4, 0.5) is 20.7 Å². The van der Waals surface area contributed by atoms with Gasteiger partial charge in [-0.1, -0.05) is 0 Å². The van der Waals surface area contributed by atoms with E-state index in [-0.39, 0.29) is 17.4 Å². The fraction of sp³-hybridized carbons (Fsp3) is 0.292. The van der Waals surface area contributed by atoms with Crippen molar-refractivity contribution >= 4 is 17.5 Å². The highest BCUT2D eigenvalue weighted by molar-refractivity contribution is 5.89. The average molecular weight is 452 g/mol. The molecule has 4 rings (SSSR count). The Balaban J connectivity index is 1.41. The van der Waals surface area contributed by atoms with Crippen molar-refractivity contribution in [1.29, 1.82) is 0 Å². The number of rotatable bonds is 5. The summed E-state index contributed by atoms with van der Waals surface area (Å²) in [6, 6.07) is 15.9. The zero-order chi connectivity index (χ0) is 23.2. The number of aromatic nitrogens is 2. The number of ether oxygens (including phenoxy) is 1. The molecule has 0 unspecified atom stereocenters. The highest BCUT2D eigenvalue weighted by Gasteiger charge is 2.20. The number of anilines is 2. The van der Waals surface area contributed by atoms with Crippen LogP contribution in [-0.2, 0) is 0 Å². The minimum absolute atomic E-state index is 0.162. The number of nitrogens with zero attached hydrogens (tertiary/aromatic N) is 4. The van der Waals surface area contributed by atoms with Crippen LogP contribution in [0.25, 0.3) is 5.69 Å². The van der Waals surface area contributed by atoms with Crippen LogP contribution < -0.4 is 20.5 Å². The molecule has 1 aliphatic rings. The first kappa shape index (κ1) is 22.3. The van der Waals surface area contributed by atoms with Crippen molar-refractivity contribution in [2.75, 3.05) is 43.0 Å². The molecule has 2 amide bonds. The van der Waals surface area contributed by atoms with E-state index in [0.29, 0.717) is 50.0 Å². The molecular formula is C24H26FN5O3. The Morgan fingerprint density at radius 2 is 1.76 bits per heavy atom. The first-order valence-corrected chi connectivity index (χ1v) is 10.9. The van der Waals surface area contributed by atoms with Crippen LogP contribution in [0, 0.1) is 5.82 Å². The van der Waals surface area contributed by atoms with Crippen molar-refractivity contribution in [1.82, 2.24) is 14.7 Å². The summed E-state index contributed by atoms with van der Waals surface area (Å²) in [5, 5.41) is 7.40. The van der Waals surface area contributed by atoms with Crippen LogP contribution in [-0.4, -0.2) is 53.5 Å². The van der Waals surface area contributed by atoms with Crippen LogP contribution >= 0.6 is 0 Å². The van der Waals surface area contributed by atoms with Crippen molar-refractivity contribution < 1.29 is 13.9 Å². The summed E-state index contributed by atoms with van der Waals surface area (Å²) in [5.41, 5.74) is 0.906. The molecule has 1 saturated heterocycles. The van der Waals surface area contributed by atoms with Crippen LogP contribution in [0.3, 0.4) is 0 Å². The van der Waals surface area contributed by atoms with Gasteiger partial charge in [-0.05, 0) is 67.9 Å². The van der Waals surface area contributed by atoms with Crippen LogP contribution in [0.15, 0.2) is 65.5 Å². The number of benzene rings is 2. The van der Waals surface area contributed by atoms with Crippen LogP contribution in [0.5, 0.6) is 5.75 Å². The fourth-order valence-electron chi connectivity index (χ4n) is 3.69. The molecule has 1 aliphatic heterocycles. The third-order valence-corrected chi connectivity index (χ3v) is 5.38. The maximum Gasteiger partial charge on any atom is 0.321 e. The van der Waals surface area contributed by atoms with E-state index in [4.69, 9.17) is 4.74 Å². The maximum atomic E-state index is 13.2. The molecule has 0 spiro atoms. The van der Waals surface area contributed by atoms with Gasteiger partial charge in [0, 0.05) is 37.9 Å². The average Bonchev–Trinajstić information content (AvgIpc) is 3.08. The SMILES string of the molecule is CCOc1ccc(NC(=O)N2CCCN(c3ccc(=O)n(-c4ccc(F)cc4)n3)CC2)cc1. The molecule has 0 saturated carbocycles. The molecule has 1 aromatic heterocycles. The predicted molar refractivity (Wildman–Crippen MR) is 125 cm³/mol. The van der Waals surface area contributed by atoms with Gasteiger partial charge in [0.25, 0.3) is 5.56 Å². The lowest BCUT2D eigenvalue weighted by Crippen LogP contribution is -2.38. The second-order valence-corrected chi connectivity index (χ2v) is 7.63. The Bertz CT molecular complexity index is 1150. The Hall–Kier alpha value is -3.88. The van der Waals surface area contributed by atoms with E-state index in [2.05, 4.69) is 10.4 Å². The molecule has 0 bridgehead atoms. The van der Waals surface area contributed by atoms with Gasteiger partial charge in [0.05, 0.1) is 12.3 Å². The third-order valence-electron chi connectivity index (χ3n) is 5.38. The molecule has 0 aliphatic carbocycles. The Labute approximate surface area is 191 Å². The van der Waals surface area contributed by atoms with Gasteiger partial charge in [0.2, 0.25) is 0 Å². The van der Waals surface area contributed by atoms with Gasteiger partial charge in [-0.25, -0.2) is 9.18 Å². The molecule has 0 atom stereocenters. The molecule has 2 heterocycles. The van der Waals surface area contributed by atoms with Gasteiger partial charge < -0.3 is 19.9 Å². The van der Waals surface area contributed by atoms with Crippen LogP contribution in [0.2, 0.25) is 0 Å². The van der Waals surface area contributed by atoms with E-state index >= 15 is 0 Å². The number of nitrogens with one attached hydrogen (secondary N) is 1. The summed E-state index contributed by atoms with van der Waals surface area (Å²) < 4.78 is 19.9. The summed E-state index contributed by atoms with van der Waals surface area (Å²) in [6.45, 7) is 4.90. The van der Waals surface area contributed by atoms with Gasteiger partial charge in [-0.3, -0.25) is 4.79 Å². The topological polar surface area (TPSA) is 79.7 Å². The molecule has 3 aromatic rings. The molecule has 33 heavy (non-hydrogen) atoms. The second-order valence-electron chi connectivity index (χ2n) is 7.63. The fourth-order valence-corrected chi connectivity index (χ4v) is 3.69. The van der Waals surface area contributed by atoms with Crippen molar-refractivity contribution in [2.45, 2.75) is 13.3 Å². The van der Waals surface area contributed by atoms with Gasteiger partial charge in [-0.2, -0.15) is 4.68 Å². The Morgan fingerprint density at radius 1 is 1.00 bits per heavy atom. The normalized spacial score (nSPS) is 14.0. The zero-order valence-corrected chi connectivity index (χ0v) is 18.4. The molecule has 8 nitrogen and oxygen atoms in total. The first-order chi connectivity index (χ1) is 16.0. The molecular weight excluding hydrogens is 425 g/mol. The number of hydrogen-bond acceptors (Lipinski definition) is 5. The zero-order valence-electron chi connectivity index (χ0n) is 18.4. The van der Waals surface area contributed by atoms with E-state index in [1.165, 1.54) is 35.0 Å². The number of halogens is 1. The minimum atomic E-state index is -0.376. The van der Waals surface area contributed by atoms with Gasteiger partial charge in [-0.15, -0.1) is 5.10 Å². The minimum Gasteiger partial charge on any atom is -0.494 e. The number of amides is 2. The number of hydrogen-bond donors (Lipinski definition) is 1. The number of carbonyl (C=O) groups excluding carboxylic acids is 1. The molecule has 172 valence electrons. The lowest BCUT2D eigenvalue weighted by Gasteiger charge is -2.23. The lowest BCUT2D eigenvalue weighted by molar-refractivity contribution is 0.215. The summed E-state index contributed by atoms with van der Waals surface area (Å²) >= 11 is 0. The monoisotopic (exact) mass is 451 g/mol. The summed E-state index contributed by atoms with van der Waals surface area (Å²) in [5.74, 6) is 1.02. The molecule has 9 heteroatoms. The van der Waals surface area contributed by atoms with Crippen molar-refractivity contribution in [3.63, 3.8) is 0 Å². The van der Waals surface area contributed by atoms with E-state index < -0.39 is 0 Å². The molecule has 1 N–H and O–H groups in total. The predicted octanol–water partition coefficient (Wildman–Crippen LogP) is 3.51. The largest absolute Gasteiger partial charge is 0.494 e. The molecule has 1 fully saturated rings. The third kappa shape index (κ3) is 5.49. The van der Waals surface area contributed by atoms with E-state index in [0.717, 1.165) is 12.2 Å². The van der Waals surface area contributed by atoms with Gasteiger partial charge in [0.1, 0.15) is 17.4 Å². The summed E-state index contributed by atoms with van der Waals surface area (Å²) in [7, 11) is 0. The lowest BCUT2D eigenvalue weighted by atomic mass is 10.3. The van der Waals surface area contributed by atoms with Gasteiger partial charge in [0.15, 0.2) is 0 Å². The van der Waals surface area contributed by atoms with E-state index in [1.807, 2.05) is 36.1 Å². The maximum absolute atomic E-state index is 13.2. The standard InChI is InChI=1S/C24H26FN5O3/c1-2-33-21-10-6-19(7-11-21)26-24(32)29-15-3-14-28(16-17-29)22-12-13-23(31)30(27-22)20-8-4-18(25)5-9-20/h4-13H,2-3,14-17H2,1H3,(H,26,32). The molecule has 2 aromatic carbocycles.